The summed E-state index contributed by atoms with van der Waals surface area (Å²) in [5.74, 6) is 1.03. The molecule has 0 spiro atoms. The normalized spacial score (nSPS) is 28.5. The van der Waals surface area contributed by atoms with Crippen LogP contribution in [0.4, 0.5) is 0 Å². The first-order chi connectivity index (χ1) is 12.8. The molecule has 0 bridgehead atoms. The lowest BCUT2D eigenvalue weighted by Crippen LogP contribution is -2.44. The van der Waals surface area contributed by atoms with Gasteiger partial charge < -0.3 is 15.5 Å². The third-order valence-electron chi connectivity index (χ3n) is 6.18. The minimum atomic E-state index is 0.558. The summed E-state index contributed by atoms with van der Waals surface area (Å²) in [7, 11) is 0. The number of nitrogens with one attached hydrogen (secondary N) is 2. The standard InChI is InChI=1S/C21H41N5/c1-3-22-21(24-19-16-18(2)26(17-19)20-10-11-20)23-12-6-4-7-13-25-14-8-5-9-15-25/h18-20H,3-17H2,1-2H3,(H2,22,23,24). The Bertz CT molecular complexity index is 428. The highest BCUT2D eigenvalue weighted by molar-refractivity contribution is 5.80. The van der Waals surface area contributed by atoms with E-state index in [-0.39, 0.29) is 0 Å². The van der Waals surface area contributed by atoms with Gasteiger partial charge in [0.25, 0.3) is 0 Å². The van der Waals surface area contributed by atoms with E-state index in [0.29, 0.717) is 6.04 Å². The molecule has 0 radical (unpaired) electrons. The van der Waals surface area contributed by atoms with Crippen LogP contribution in [0, 0.1) is 0 Å². The van der Waals surface area contributed by atoms with Crippen LogP contribution in [0.3, 0.4) is 0 Å². The Morgan fingerprint density at radius 2 is 1.88 bits per heavy atom. The molecule has 1 saturated carbocycles. The Hall–Kier alpha value is -0.810. The Balaban J connectivity index is 1.31. The van der Waals surface area contributed by atoms with Crippen LogP contribution < -0.4 is 10.6 Å². The fourth-order valence-electron chi connectivity index (χ4n) is 4.59. The fourth-order valence-corrected chi connectivity index (χ4v) is 4.59. The first-order valence-electron chi connectivity index (χ1n) is 11.3. The van der Waals surface area contributed by atoms with E-state index in [1.807, 2.05) is 0 Å². The highest BCUT2D eigenvalue weighted by Crippen LogP contribution is 2.33. The molecule has 2 saturated heterocycles. The number of nitrogens with zero attached hydrogens (tertiary/aromatic N) is 3. The lowest BCUT2D eigenvalue weighted by molar-refractivity contribution is 0.224. The predicted octanol–water partition coefficient (Wildman–Crippen LogP) is 2.82. The van der Waals surface area contributed by atoms with Crippen LogP contribution >= 0.6 is 0 Å². The van der Waals surface area contributed by atoms with Crippen LogP contribution in [0.25, 0.3) is 0 Å². The molecule has 1 aliphatic carbocycles. The van der Waals surface area contributed by atoms with Gasteiger partial charge in [-0.1, -0.05) is 12.8 Å². The van der Waals surface area contributed by atoms with Crippen molar-refractivity contribution in [1.82, 2.24) is 20.4 Å². The number of rotatable bonds is 9. The largest absolute Gasteiger partial charge is 0.357 e. The summed E-state index contributed by atoms with van der Waals surface area (Å²) in [5.41, 5.74) is 0. The van der Waals surface area contributed by atoms with E-state index in [0.717, 1.165) is 31.1 Å². The number of piperidine rings is 1. The van der Waals surface area contributed by atoms with E-state index in [9.17, 15) is 0 Å². The lowest BCUT2D eigenvalue weighted by atomic mass is 10.1. The minimum Gasteiger partial charge on any atom is -0.357 e. The average molecular weight is 364 g/mol. The highest BCUT2D eigenvalue weighted by Gasteiger charge is 2.38. The van der Waals surface area contributed by atoms with Crippen molar-refractivity contribution < 1.29 is 0 Å². The van der Waals surface area contributed by atoms with E-state index in [1.165, 1.54) is 84.0 Å². The van der Waals surface area contributed by atoms with Crippen LogP contribution in [-0.2, 0) is 0 Å². The van der Waals surface area contributed by atoms with Crippen molar-refractivity contribution in [2.75, 3.05) is 39.3 Å². The number of hydrogen-bond donors (Lipinski definition) is 2. The Morgan fingerprint density at radius 3 is 2.62 bits per heavy atom. The maximum Gasteiger partial charge on any atom is 0.191 e. The molecule has 0 aromatic heterocycles. The van der Waals surface area contributed by atoms with Crippen LogP contribution in [-0.4, -0.2) is 73.2 Å². The molecule has 3 fully saturated rings. The summed E-state index contributed by atoms with van der Waals surface area (Å²) < 4.78 is 0. The van der Waals surface area contributed by atoms with E-state index >= 15 is 0 Å². The molecular formula is C21H41N5. The summed E-state index contributed by atoms with van der Waals surface area (Å²) >= 11 is 0. The van der Waals surface area contributed by atoms with E-state index in [1.54, 1.807) is 0 Å². The van der Waals surface area contributed by atoms with Crippen LogP contribution in [0.2, 0.25) is 0 Å². The second kappa shape index (κ2) is 10.5. The molecule has 5 heteroatoms. The molecule has 5 nitrogen and oxygen atoms in total. The van der Waals surface area contributed by atoms with E-state index in [4.69, 9.17) is 4.99 Å². The summed E-state index contributed by atoms with van der Waals surface area (Å²) in [6.45, 7) is 11.6. The van der Waals surface area contributed by atoms with Gasteiger partial charge in [-0.3, -0.25) is 9.89 Å². The maximum atomic E-state index is 4.83. The van der Waals surface area contributed by atoms with Crippen molar-refractivity contribution >= 4 is 5.96 Å². The summed E-state index contributed by atoms with van der Waals surface area (Å²) in [4.78, 5) is 10.2. The van der Waals surface area contributed by atoms with Gasteiger partial charge in [0.1, 0.15) is 0 Å². The SMILES string of the molecule is CCNC(=NCCCCCN1CCCCC1)NC1CC(C)N(C2CC2)C1. The van der Waals surface area contributed by atoms with Crippen molar-refractivity contribution in [2.24, 2.45) is 4.99 Å². The van der Waals surface area contributed by atoms with Crippen molar-refractivity contribution in [1.29, 1.82) is 0 Å². The van der Waals surface area contributed by atoms with Gasteiger partial charge >= 0.3 is 0 Å². The monoisotopic (exact) mass is 363 g/mol. The van der Waals surface area contributed by atoms with E-state index in [2.05, 4.69) is 34.3 Å². The third-order valence-corrected chi connectivity index (χ3v) is 6.18. The van der Waals surface area contributed by atoms with Crippen molar-refractivity contribution in [3.05, 3.63) is 0 Å². The molecule has 2 N–H and O–H groups in total. The highest BCUT2D eigenvalue weighted by atomic mass is 15.3. The molecule has 2 aliphatic heterocycles. The molecule has 2 heterocycles. The second-order valence-electron chi connectivity index (χ2n) is 8.58. The zero-order valence-electron chi connectivity index (χ0n) is 17.2. The quantitative estimate of drug-likeness (QED) is 0.376. The van der Waals surface area contributed by atoms with E-state index < -0.39 is 0 Å². The second-order valence-corrected chi connectivity index (χ2v) is 8.58. The molecular weight excluding hydrogens is 322 g/mol. The molecule has 3 aliphatic rings. The van der Waals surface area contributed by atoms with Gasteiger partial charge in [0.2, 0.25) is 0 Å². The van der Waals surface area contributed by atoms with Crippen molar-refractivity contribution in [3.8, 4) is 0 Å². The van der Waals surface area contributed by atoms with Crippen LogP contribution in [0.1, 0.15) is 71.6 Å². The molecule has 2 unspecified atom stereocenters. The summed E-state index contributed by atoms with van der Waals surface area (Å²) in [6.07, 6.45) is 12.1. The lowest BCUT2D eigenvalue weighted by Gasteiger charge is -2.26. The van der Waals surface area contributed by atoms with Gasteiger partial charge in [-0.2, -0.15) is 0 Å². The van der Waals surface area contributed by atoms with Gasteiger partial charge in [0.05, 0.1) is 0 Å². The van der Waals surface area contributed by atoms with Crippen LogP contribution in [0.5, 0.6) is 0 Å². The topological polar surface area (TPSA) is 42.9 Å². The molecule has 0 aromatic rings. The number of aliphatic imine (C=N–C) groups is 1. The maximum absolute atomic E-state index is 4.83. The smallest absolute Gasteiger partial charge is 0.191 e. The molecule has 0 aromatic carbocycles. The molecule has 3 rings (SSSR count). The first kappa shape index (κ1) is 19.9. The fraction of sp³-hybridized carbons (Fsp3) is 0.952. The summed E-state index contributed by atoms with van der Waals surface area (Å²) in [5, 5.41) is 7.13. The Morgan fingerprint density at radius 1 is 1.08 bits per heavy atom. The third kappa shape index (κ3) is 6.41. The number of likely N-dealkylation sites (tertiary alicyclic amines) is 2. The molecule has 0 amide bonds. The van der Waals surface area contributed by atoms with Gasteiger partial charge in [-0.15, -0.1) is 0 Å². The number of hydrogen-bond acceptors (Lipinski definition) is 3. The number of guanidine groups is 1. The van der Waals surface area contributed by atoms with Gasteiger partial charge in [-0.25, -0.2) is 0 Å². The van der Waals surface area contributed by atoms with Gasteiger partial charge in [0.15, 0.2) is 5.96 Å². The van der Waals surface area contributed by atoms with Crippen molar-refractivity contribution in [2.45, 2.75) is 89.8 Å². The predicted molar refractivity (Wildman–Crippen MR) is 111 cm³/mol. The van der Waals surface area contributed by atoms with Crippen molar-refractivity contribution in [3.63, 3.8) is 0 Å². The van der Waals surface area contributed by atoms with Gasteiger partial charge in [0, 0.05) is 37.8 Å². The Kier molecular flexibility index (Phi) is 8.06. The summed E-state index contributed by atoms with van der Waals surface area (Å²) in [6, 6.07) is 2.15. The Labute approximate surface area is 161 Å². The first-order valence-corrected chi connectivity index (χ1v) is 11.3. The van der Waals surface area contributed by atoms with Gasteiger partial charge in [-0.05, 0) is 78.4 Å². The number of unbranched alkanes of at least 4 members (excludes halogenated alkanes) is 2. The average Bonchev–Trinajstić information content (AvgIpc) is 3.42. The van der Waals surface area contributed by atoms with Crippen LogP contribution in [0.15, 0.2) is 4.99 Å². The zero-order chi connectivity index (χ0) is 18.2. The zero-order valence-corrected chi connectivity index (χ0v) is 17.2. The minimum absolute atomic E-state index is 0.558. The molecule has 150 valence electrons. The molecule has 2 atom stereocenters. The molecule has 26 heavy (non-hydrogen) atoms.